The van der Waals surface area contributed by atoms with Crippen LogP contribution >= 0.6 is 0 Å². The minimum absolute atomic E-state index is 0.0323. The van der Waals surface area contributed by atoms with E-state index in [1.807, 2.05) is 87.5 Å². The number of phenols is 1. The Bertz CT molecular complexity index is 1930. The summed E-state index contributed by atoms with van der Waals surface area (Å²) in [6.07, 6.45) is -1.42. The van der Waals surface area contributed by atoms with Crippen molar-refractivity contribution in [1.82, 2.24) is 21.3 Å². The quantitative estimate of drug-likeness (QED) is 0.0840. The lowest BCUT2D eigenvalue weighted by Gasteiger charge is -2.35. The summed E-state index contributed by atoms with van der Waals surface area (Å²) in [5.41, 5.74) is 3.35. The molecule has 0 heterocycles. The third kappa shape index (κ3) is 10.9. The van der Waals surface area contributed by atoms with Crippen LogP contribution in [0.15, 0.2) is 97.1 Å². The summed E-state index contributed by atoms with van der Waals surface area (Å²) in [6, 6.07) is 25.1. The van der Waals surface area contributed by atoms with E-state index in [0.29, 0.717) is 24.3 Å². The Balaban J connectivity index is 1.39. The highest BCUT2D eigenvalue weighted by molar-refractivity contribution is 5.89. The standard InChI is InChI=1S/C44H54N4O8/c1-44(2,3)41(47-37(51)22-18-28-17-21-36(56-5)34(49)24-28)43(54)46-33(23-27-11-7-6-8-12-27)40(52)39(45-26-29-15-19-31(55-4)20-16-29)42(53)48-38-32-14-10-9-13-30(32)25-35(38)50/h6-17,19-21,24,33,35,38-41,45,49-50,52H,18,22-23,25-26H2,1-5H3,(H,46,54)(H,47,51)(H,48,53)/t33-,35?,38?,39+,40-,41+/m0/s1. The minimum Gasteiger partial charge on any atom is -0.504 e. The molecule has 2 unspecified atom stereocenters. The Morgan fingerprint density at radius 1 is 0.821 bits per heavy atom. The van der Waals surface area contributed by atoms with Crippen molar-refractivity contribution in [3.63, 3.8) is 0 Å². The van der Waals surface area contributed by atoms with Crippen molar-refractivity contribution in [2.45, 2.75) is 89.4 Å². The topological polar surface area (TPSA) is 178 Å². The molecular formula is C44H54N4O8. The molecule has 0 fully saturated rings. The number of hydrogen-bond donors (Lipinski definition) is 7. The van der Waals surface area contributed by atoms with Crippen molar-refractivity contribution in [2.24, 2.45) is 5.41 Å². The Morgan fingerprint density at radius 2 is 1.50 bits per heavy atom. The average Bonchev–Trinajstić information content (AvgIpc) is 3.49. The second kappa shape index (κ2) is 18.9. The van der Waals surface area contributed by atoms with Gasteiger partial charge in [-0.15, -0.1) is 0 Å². The normalized spacial score (nSPS) is 17.1. The van der Waals surface area contributed by atoms with Crippen LogP contribution < -0.4 is 30.7 Å². The second-order valence-corrected chi connectivity index (χ2v) is 15.3. The first kappa shape index (κ1) is 41.7. The first-order chi connectivity index (χ1) is 26.8. The molecule has 0 bridgehead atoms. The maximum absolute atomic E-state index is 14.3. The number of aromatic hydroxyl groups is 1. The van der Waals surface area contributed by atoms with Gasteiger partial charge in [0.1, 0.15) is 17.8 Å². The predicted octanol–water partition coefficient (Wildman–Crippen LogP) is 3.89. The third-order valence-electron chi connectivity index (χ3n) is 10.2. The van der Waals surface area contributed by atoms with Gasteiger partial charge in [-0.25, -0.2) is 0 Å². The van der Waals surface area contributed by atoms with E-state index in [-0.39, 0.29) is 31.0 Å². The summed E-state index contributed by atoms with van der Waals surface area (Å²) in [5, 5.41) is 45.5. The van der Waals surface area contributed by atoms with Crippen molar-refractivity contribution in [2.75, 3.05) is 14.2 Å². The van der Waals surface area contributed by atoms with Gasteiger partial charge in [0.25, 0.3) is 0 Å². The monoisotopic (exact) mass is 766 g/mol. The number of fused-ring (bicyclic) bond motifs is 1. The van der Waals surface area contributed by atoms with Gasteiger partial charge in [-0.2, -0.15) is 0 Å². The largest absolute Gasteiger partial charge is 0.504 e. The highest BCUT2D eigenvalue weighted by atomic mass is 16.5. The van der Waals surface area contributed by atoms with Crippen molar-refractivity contribution in [3.8, 4) is 17.2 Å². The lowest BCUT2D eigenvalue weighted by molar-refractivity contribution is -0.134. The first-order valence-electron chi connectivity index (χ1n) is 18.9. The third-order valence-corrected chi connectivity index (χ3v) is 10.2. The number of amides is 3. The number of benzene rings is 4. The molecule has 12 nitrogen and oxygen atoms in total. The number of aryl methyl sites for hydroxylation is 1. The lowest BCUT2D eigenvalue weighted by Crippen LogP contribution is -2.62. The minimum atomic E-state index is -1.47. The van der Waals surface area contributed by atoms with Crippen LogP contribution in [0.2, 0.25) is 0 Å². The first-order valence-corrected chi connectivity index (χ1v) is 18.9. The van der Waals surface area contributed by atoms with E-state index in [1.54, 1.807) is 31.4 Å². The number of carbonyl (C=O) groups excluding carboxylic acids is 3. The molecule has 0 aromatic heterocycles. The van der Waals surface area contributed by atoms with Gasteiger partial charge in [0, 0.05) is 19.4 Å². The number of aliphatic hydroxyl groups excluding tert-OH is 2. The summed E-state index contributed by atoms with van der Waals surface area (Å²) in [7, 11) is 3.03. The van der Waals surface area contributed by atoms with Crippen LogP contribution in [-0.2, 0) is 40.2 Å². The van der Waals surface area contributed by atoms with Crippen molar-refractivity contribution in [1.29, 1.82) is 0 Å². The summed E-state index contributed by atoms with van der Waals surface area (Å²) >= 11 is 0. The SMILES string of the molecule is COc1ccc(CN[C@@H](C(=O)NC2c3ccccc3CC2O)[C@@H](O)[C@H](Cc2ccccc2)NC(=O)[C@@H](NC(=O)CCc2ccc(OC)c(O)c2)C(C)(C)C)cc1. The summed E-state index contributed by atoms with van der Waals surface area (Å²) in [6.45, 7) is 5.69. The van der Waals surface area contributed by atoms with Crippen LogP contribution in [0.25, 0.3) is 0 Å². The van der Waals surface area contributed by atoms with Crippen molar-refractivity contribution in [3.05, 3.63) is 125 Å². The van der Waals surface area contributed by atoms with E-state index < -0.39 is 53.6 Å². The number of carbonyl (C=O) groups is 3. The second-order valence-electron chi connectivity index (χ2n) is 15.3. The zero-order valence-electron chi connectivity index (χ0n) is 32.6. The fourth-order valence-corrected chi connectivity index (χ4v) is 7.01. The van der Waals surface area contributed by atoms with Gasteiger partial charge >= 0.3 is 0 Å². The Hall–Kier alpha value is -5.43. The summed E-state index contributed by atoms with van der Waals surface area (Å²) < 4.78 is 10.4. The van der Waals surface area contributed by atoms with Crippen molar-refractivity contribution < 1.29 is 39.2 Å². The molecule has 5 rings (SSSR count). The molecule has 298 valence electrons. The van der Waals surface area contributed by atoms with Gasteiger partial charge in [0.05, 0.1) is 38.5 Å². The van der Waals surface area contributed by atoms with Gasteiger partial charge in [-0.05, 0) is 70.3 Å². The maximum atomic E-state index is 14.3. The maximum Gasteiger partial charge on any atom is 0.243 e. The van der Waals surface area contributed by atoms with Crippen LogP contribution in [0, 0.1) is 5.41 Å². The fourth-order valence-electron chi connectivity index (χ4n) is 7.01. The van der Waals surface area contributed by atoms with Gasteiger partial charge in [0.15, 0.2) is 11.5 Å². The summed E-state index contributed by atoms with van der Waals surface area (Å²) in [5.74, 6) is -0.485. The van der Waals surface area contributed by atoms with Gasteiger partial charge in [0.2, 0.25) is 17.7 Å². The van der Waals surface area contributed by atoms with E-state index >= 15 is 0 Å². The number of rotatable bonds is 17. The Morgan fingerprint density at radius 3 is 2.16 bits per heavy atom. The van der Waals surface area contributed by atoms with E-state index in [0.717, 1.165) is 27.8 Å². The molecule has 7 N–H and O–H groups in total. The molecule has 6 atom stereocenters. The molecule has 12 heteroatoms. The van der Waals surface area contributed by atoms with Crippen molar-refractivity contribution >= 4 is 17.7 Å². The molecule has 0 saturated heterocycles. The fraction of sp³-hybridized carbons (Fsp3) is 0.386. The Kier molecular flexibility index (Phi) is 14.1. The number of aliphatic hydroxyl groups is 2. The lowest BCUT2D eigenvalue weighted by atomic mass is 9.85. The van der Waals surface area contributed by atoms with E-state index in [2.05, 4.69) is 21.3 Å². The molecule has 1 aliphatic rings. The van der Waals surface area contributed by atoms with Gasteiger partial charge in [-0.3, -0.25) is 19.7 Å². The average molecular weight is 767 g/mol. The summed E-state index contributed by atoms with van der Waals surface area (Å²) in [4.78, 5) is 41.9. The van der Waals surface area contributed by atoms with Gasteiger partial charge < -0.3 is 40.7 Å². The van der Waals surface area contributed by atoms with E-state index in [9.17, 15) is 29.7 Å². The highest BCUT2D eigenvalue weighted by Crippen LogP contribution is 2.32. The molecule has 56 heavy (non-hydrogen) atoms. The molecular weight excluding hydrogens is 713 g/mol. The molecule has 3 amide bonds. The number of nitrogens with one attached hydrogen (secondary N) is 4. The smallest absolute Gasteiger partial charge is 0.243 e. The van der Waals surface area contributed by atoms with Crippen LogP contribution in [0.1, 0.15) is 61.1 Å². The number of ether oxygens (including phenoxy) is 2. The predicted molar refractivity (Wildman–Crippen MR) is 213 cm³/mol. The molecule has 0 saturated carbocycles. The van der Waals surface area contributed by atoms with E-state index in [1.165, 1.54) is 13.2 Å². The number of methoxy groups -OCH3 is 2. The van der Waals surface area contributed by atoms with Crippen LogP contribution in [-0.4, -0.2) is 77.6 Å². The van der Waals surface area contributed by atoms with Crippen LogP contribution in [0.5, 0.6) is 17.2 Å². The highest BCUT2D eigenvalue weighted by Gasteiger charge is 2.40. The van der Waals surface area contributed by atoms with Crippen LogP contribution in [0.4, 0.5) is 0 Å². The van der Waals surface area contributed by atoms with E-state index in [4.69, 9.17) is 9.47 Å². The van der Waals surface area contributed by atoms with Gasteiger partial charge in [-0.1, -0.05) is 93.6 Å². The molecule has 0 aliphatic heterocycles. The van der Waals surface area contributed by atoms with Crippen LogP contribution in [0.3, 0.4) is 0 Å². The molecule has 0 radical (unpaired) electrons. The number of hydrogen-bond acceptors (Lipinski definition) is 9. The zero-order chi connectivity index (χ0) is 40.4. The molecule has 0 spiro atoms. The zero-order valence-corrected chi connectivity index (χ0v) is 32.6. The molecule has 1 aliphatic carbocycles. The molecule has 4 aromatic rings. The Labute approximate surface area is 328 Å². The number of phenolic OH excluding ortho intramolecular Hbond substituents is 1. The molecule has 4 aromatic carbocycles.